The Labute approximate surface area is 205 Å². The highest BCUT2D eigenvalue weighted by Crippen LogP contribution is 2.20. The van der Waals surface area contributed by atoms with Crippen molar-refractivity contribution in [1.82, 2.24) is 4.72 Å². The third-order valence-electron chi connectivity index (χ3n) is 5.63. The quantitative estimate of drug-likeness (QED) is 0.0893. The number of carbonyl (C=O) groups is 1. The van der Waals surface area contributed by atoms with E-state index in [1.165, 1.54) is 69.8 Å². The van der Waals surface area contributed by atoms with E-state index in [1.807, 2.05) is 33.3 Å². The first kappa shape index (κ1) is 30.0. The normalized spacial score (nSPS) is 13.6. The van der Waals surface area contributed by atoms with Crippen LogP contribution in [0.5, 0.6) is 0 Å². The van der Waals surface area contributed by atoms with Crippen LogP contribution in [0, 0.1) is 0 Å². The highest BCUT2D eigenvalue weighted by atomic mass is 32.8. The minimum atomic E-state index is -3.03. The van der Waals surface area contributed by atoms with Crippen molar-refractivity contribution in [2.24, 2.45) is 0 Å². The number of hydrogen-bond donors (Lipinski definition) is 4. The van der Waals surface area contributed by atoms with Gasteiger partial charge in [0.05, 0.1) is 40.2 Å². The van der Waals surface area contributed by atoms with Crippen molar-refractivity contribution in [3.05, 3.63) is 29.8 Å². The first-order valence-electron chi connectivity index (χ1n) is 12.6. The van der Waals surface area contributed by atoms with E-state index in [2.05, 4.69) is 36.9 Å². The fraction of sp³-hybridized carbons (Fsp3) is 0.720. The van der Waals surface area contributed by atoms with Crippen molar-refractivity contribution < 1.29 is 18.6 Å². The van der Waals surface area contributed by atoms with Crippen molar-refractivity contribution in [3.63, 3.8) is 0 Å². The zero-order valence-electron chi connectivity index (χ0n) is 21.3. The number of hydrogen-bond acceptors (Lipinski definition) is 2. The predicted molar refractivity (Wildman–Crippen MR) is 147 cm³/mol. The molecular weight excluding hydrogens is 453 g/mol. The number of rotatable bonds is 19. The third-order valence-corrected chi connectivity index (χ3v) is 7.81. The number of benzene rings is 1. The summed E-state index contributed by atoms with van der Waals surface area (Å²) in [6, 6.07) is 7.68. The van der Waals surface area contributed by atoms with Crippen LogP contribution in [-0.4, -0.2) is 53.5 Å². The number of anilines is 1. The lowest BCUT2D eigenvalue weighted by Crippen LogP contribution is -2.51. The van der Waals surface area contributed by atoms with E-state index in [9.17, 15) is 14.1 Å². The molecular formula is C25H49N3O3PS+. The van der Waals surface area contributed by atoms with Crippen molar-refractivity contribution in [1.29, 1.82) is 0 Å². The molecule has 2 atom stereocenters. The van der Waals surface area contributed by atoms with Gasteiger partial charge in [0.2, 0.25) is 0 Å². The van der Waals surface area contributed by atoms with E-state index in [1.54, 1.807) is 0 Å². The minimum absolute atomic E-state index is 0.0760. The maximum Gasteiger partial charge on any atom is 0.305 e. The lowest BCUT2D eigenvalue weighted by molar-refractivity contribution is -0.871. The van der Waals surface area contributed by atoms with Crippen LogP contribution < -0.4 is 9.44 Å². The molecule has 0 saturated heterocycles. The molecule has 1 rings (SSSR count). The Morgan fingerprint density at radius 3 is 1.97 bits per heavy atom. The van der Waals surface area contributed by atoms with Gasteiger partial charge < -0.3 is 14.3 Å². The molecule has 0 radical (unpaired) electrons. The van der Waals surface area contributed by atoms with Crippen LogP contribution in [0.2, 0.25) is 0 Å². The Bertz CT molecular complexity index is 723. The summed E-state index contributed by atoms with van der Waals surface area (Å²) in [5.74, 6) is -0.901. The number of unbranched alkanes of at least 4 members (excludes halogenated alkanes) is 9. The van der Waals surface area contributed by atoms with Crippen LogP contribution in [0.4, 0.5) is 5.69 Å². The average Bonchev–Trinajstić information content (AvgIpc) is 2.68. The van der Waals surface area contributed by atoms with Crippen LogP contribution >= 0.6 is 8.44 Å². The number of nitrogens with zero attached hydrogens (tertiary/aromatic N) is 1. The van der Waals surface area contributed by atoms with Gasteiger partial charge in [-0.3, -0.25) is 4.79 Å². The van der Waals surface area contributed by atoms with Crippen LogP contribution in [-0.2, 0) is 21.1 Å². The number of nitrogens with one attached hydrogen (secondary N) is 2. The Morgan fingerprint density at radius 1 is 0.970 bits per heavy atom. The maximum absolute atomic E-state index is 13.1. The Morgan fingerprint density at radius 2 is 1.48 bits per heavy atom. The molecule has 0 bridgehead atoms. The van der Waals surface area contributed by atoms with Crippen LogP contribution in [0.1, 0.15) is 83.1 Å². The molecule has 0 aromatic heterocycles. The smallest absolute Gasteiger partial charge is 0.305 e. The monoisotopic (exact) mass is 502 g/mol. The molecule has 0 aliphatic rings. The molecule has 0 spiro atoms. The zero-order valence-corrected chi connectivity index (χ0v) is 23.4. The second kappa shape index (κ2) is 15.8. The fourth-order valence-corrected chi connectivity index (χ4v) is 6.47. The van der Waals surface area contributed by atoms with Gasteiger partial charge in [-0.05, 0) is 39.0 Å². The topological polar surface area (TPSA) is 78.4 Å². The first-order chi connectivity index (χ1) is 15.5. The average molecular weight is 503 g/mol. The highest BCUT2D eigenvalue weighted by Gasteiger charge is 2.24. The number of thiol groups is 1. The SMILES string of the molecule is CCCCCCCCCCCCc1ccc(N[SH](=O)(P)N[C@H](CC(=O)O)C[N+](C)(C)C)cc1. The number of aryl methyl sites for hydroxylation is 1. The molecule has 3 N–H and O–H groups in total. The van der Waals surface area contributed by atoms with Gasteiger partial charge in [0.25, 0.3) is 0 Å². The third kappa shape index (κ3) is 16.3. The van der Waals surface area contributed by atoms with E-state index in [0.717, 1.165) is 12.1 Å². The van der Waals surface area contributed by atoms with Crippen LogP contribution in [0.15, 0.2) is 24.3 Å². The standard InChI is InChI=1S/C25H48N3O3PS/c1-5-6-7-8-9-10-11-12-13-14-15-22-16-18-23(19-17-22)26-33(31,32)27-24(20-25(29)30)21-28(2,3)4/h16-19,24,33H,5-15,20-21,32H2,1-4H3,(H2-,26,27,29,30,31)/p+1/t24-/m1/s1. The number of likely N-dealkylation sites (N-methyl/N-ethyl adjacent to an activating group) is 1. The number of quaternary nitrogens is 1. The summed E-state index contributed by atoms with van der Waals surface area (Å²) in [5, 5.41) is 9.20. The first-order valence-corrected chi connectivity index (χ1v) is 15.9. The van der Waals surface area contributed by atoms with Crippen molar-refractivity contribution in [2.75, 3.05) is 32.4 Å². The van der Waals surface area contributed by atoms with Crippen LogP contribution in [0.25, 0.3) is 0 Å². The van der Waals surface area contributed by atoms with Crippen molar-refractivity contribution in [2.45, 2.75) is 90.0 Å². The lowest BCUT2D eigenvalue weighted by atomic mass is 10.0. The molecule has 33 heavy (non-hydrogen) atoms. The van der Waals surface area contributed by atoms with Gasteiger partial charge in [-0.15, -0.1) is 0 Å². The molecule has 0 saturated carbocycles. The largest absolute Gasteiger partial charge is 0.481 e. The lowest BCUT2D eigenvalue weighted by Gasteiger charge is -2.33. The second-order valence-corrected chi connectivity index (χ2v) is 14.3. The Hall–Kier alpha value is -1.01. The molecule has 0 fully saturated rings. The molecule has 192 valence electrons. The Kier molecular flexibility index (Phi) is 14.4. The van der Waals surface area contributed by atoms with E-state index >= 15 is 0 Å². The number of carboxylic acids is 1. The predicted octanol–water partition coefficient (Wildman–Crippen LogP) is 5.34. The Balaban J connectivity index is 2.38. The van der Waals surface area contributed by atoms with Gasteiger partial charge in [0.1, 0.15) is 0 Å². The minimum Gasteiger partial charge on any atom is -0.481 e. The highest BCUT2D eigenvalue weighted by molar-refractivity contribution is 8.44. The van der Waals surface area contributed by atoms with Gasteiger partial charge in [-0.1, -0.05) is 76.8 Å². The summed E-state index contributed by atoms with van der Waals surface area (Å²) in [6.07, 6.45) is 14.4. The zero-order chi connectivity index (χ0) is 24.7. The summed E-state index contributed by atoms with van der Waals surface area (Å²) in [4.78, 5) is 11.2. The van der Waals surface area contributed by atoms with E-state index in [-0.39, 0.29) is 6.42 Å². The molecule has 8 heteroatoms. The fourth-order valence-electron chi connectivity index (χ4n) is 4.08. The maximum atomic E-state index is 13.1. The van der Waals surface area contributed by atoms with E-state index in [4.69, 9.17) is 0 Å². The summed E-state index contributed by atoms with van der Waals surface area (Å²) in [5.41, 5.74) is 2.06. The van der Waals surface area contributed by atoms with E-state index < -0.39 is 21.9 Å². The van der Waals surface area contributed by atoms with Crippen molar-refractivity contribution in [3.8, 4) is 0 Å². The van der Waals surface area contributed by atoms with Crippen LogP contribution in [0.3, 0.4) is 0 Å². The number of carboxylic acid groups (broad SMARTS) is 1. The summed E-state index contributed by atoms with van der Waals surface area (Å²) in [6.45, 7) is 2.82. The number of aliphatic carboxylic acids is 1. The van der Waals surface area contributed by atoms with Gasteiger partial charge in [-0.25, -0.2) is 8.93 Å². The molecule has 0 amide bonds. The molecule has 0 aliphatic heterocycles. The molecule has 6 nitrogen and oxygen atoms in total. The molecule has 0 aliphatic carbocycles. The van der Waals surface area contributed by atoms with Gasteiger partial charge in [-0.2, -0.15) is 0 Å². The summed E-state index contributed by atoms with van der Waals surface area (Å²) < 4.78 is 19.7. The summed E-state index contributed by atoms with van der Waals surface area (Å²) in [7, 11) is 5.29. The van der Waals surface area contributed by atoms with Gasteiger partial charge >= 0.3 is 5.97 Å². The molecule has 1 unspecified atom stereocenters. The molecule has 0 heterocycles. The molecule has 1 aromatic carbocycles. The molecule has 1 aromatic rings. The summed E-state index contributed by atoms with van der Waals surface area (Å²) >= 11 is 0. The van der Waals surface area contributed by atoms with E-state index in [0.29, 0.717) is 11.0 Å². The van der Waals surface area contributed by atoms with Crippen molar-refractivity contribution >= 4 is 30.0 Å². The van der Waals surface area contributed by atoms with Gasteiger partial charge in [0, 0.05) is 15.6 Å². The van der Waals surface area contributed by atoms with Gasteiger partial charge in [0.15, 0.2) is 0 Å². The second-order valence-electron chi connectivity index (χ2n) is 10.3.